The smallest absolute Gasteiger partial charge is 0.272 e. The number of methoxy groups -OCH3 is 1. The average Bonchev–Trinajstić information content (AvgIpc) is 3.93. The molecule has 0 aliphatic carbocycles. The number of ether oxygens (including phenoxy) is 2. The first kappa shape index (κ1) is 36.5. The normalized spacial score (nSPS) is 18.5. The van der Waals surface area contributed by atoms with Gasteiger partial charge in [-0.2, -0.15) is 4.68 Å². The zero-order chi connectivity index (χ0) is 37.0. The minimum absolute atomic E-state index is 0.186. The predicted molar refractivity (Wildman–Crippen MR) is 201 cm³/mol. The minimum Gasteiger partial charge on any atom is -0.496 e. The van der Waals surface area contributed by atoms with Crippen molar-refractivity contribution in [3.63, 3.8) is 0 Å². The molecule has 1 N–H and O–H groups in total. The molecule has 2 aliphatic rings. The number of sulfone groups is 1. The van der Waals surface area contributed by atoms with Crippen molar-refractivity contribution in [2.24, 2.45) is 0 Å². The Morgan fingerprint density at radius 2 is 1.77 bits per heavy atom. The molecule has 0 saturated carbocycles. The minimum atomic E-state index is -3.71. The molecule has 14 nitrogen and oxygen atoms in total. The number of nitrogens with one attached hydrogen (secondary N) is 1. The van der Waals surface area contributed by atoms with Crippen molar-refractivity contribution in [3.8, 4) is 11.4 Å². The molecule has 280 valence electrons. The molecule has 53 heavy (non-hydrogen) atoms. The summed E-state index contributed by atoms with van der Waals surface area (Å²) in [6, 6.07) is 24.0. The molecule has 1 amide bonds. The summed E-state index contributed by atoms with van der Waals surface area (Å²) in [4.78, 5) is 23.6. The number of nitrogens with zero attached hydrogens (tertiary/aromatic N) is 8. The summed E-state index contributed by atoms with van der Waals surface area (Å²) in [5.74, 6) is 1.11. The van der Waals surface area contributed by atoms with Crippen LogP contribution in [0, 0.1) is 0 Å². The Labute approximate surface area is 310 Å². The number of tetrazole rings is 1. The summed E-state index contributed by atoms with van der Waals surface area (Å²) < 4.78 is 39.3. The number of hydrogen-bond donors (Lipinski definition) is 1. The van der Waals surface area contributed by atoms with E-state index in [1.165, 1.54) is 12.7 Å². The van der Waals surface area contributed by atoms with E-state index in [-0.39, 0.29) is 16.5 Å². The number of benzene rings is 3. The predicted octanol–water partition coefficient (Wildman–Crippen LogP) is 4.21. The van der Waals surface area contributed by atoms with Crippen molar-refractivity contribution >= 4 is 32.7 Å². The van der Waals surface area contributed by atoms with Gasteiger partial charge >= 0.3 is 0 Å². The van der Waals surface area contributed by atoms with Crippen LogP contribution in [0.3, 0.4) is 0 Å². The summed E-state index contributed by atoms with van der Waals surface area (Å²) in [5, 5.41) is 14.6. The third kappa shape index (κ3) is 7.78. The van der Waals surface area contributed by atoms with Crippen LogP contribution in [0.2, 0.25) is 0 Å². The standard InChI is InChI=1S/C38H47N9O5S/c1-4-52-25-24-46-33-13-9-8-12-32(33)40-36(46)39-29-16-20-44(21-17-29)22-18-38(28-10-6-5-7-11-28)19-23-45(27-38)35(48)31-26-30(14-15-34(31)51-2)47-37(41-42-43-47)53(3,49)50/h5-15,26,29H,4,16-25,27H2,1-3H3,(H,39,40). The quantitative estimate of drug-likeness (QED) is 0.163. The summed E-state index contributed by atoms with van der Waals surface area (Å²) >= 11 is 0. The van der Waals surface area contributed by atoms with E-state index < -0.39 is 9.84 Å². The fraction of sp³-hybridized carbons (Fsp3) is 0.447. The Kier molecular flexibility index (Phi) is 10.8. The number of para-hydroxylation sites is 2. The zero-order valence-corrected chi connectivity index (χ0v) is 31.3. The second kappa shape index (κ2) is 15.6. The highest BCUT2D eigenvalue weighted by Crippen LogP contribution is 2.39. The van der Waals surface area contributed by atoms with Crippen LogP contribution in [0.1, 0.15) is 48.5 Å². The number of rotatable bonds is 14. The maximum absolute atomic E-state index is 14.2. The molecule has 1 unspecified atom stereocenters. The van der Waals surface area contributed by atoms with Crippen molar-refractivity contribution in [3.05, 3.63) is 83.9 Å². The van der Waals surface area contributed by atoms with Gasteiger partial charge in [0.25, 0.3) is 11.1 Å². The van der Waals surface area contributed by atoms with E-state index >= 15 is 0 Å². The van der Waals surface area contributed by atoms with Gasteiger partial charge in [-0.05, 0) is 85.5 Å². The van der Waals surface area contributed by atoms with E-state index in [9.17, 15) is 13.2 Å². The van der Waals surface area contributed by atoms with Crippen LogP contribution in [0.5, 0.6) is 5.75 Å². The van der Waals surface area contributed by atoms with Crippen LogP contribution in [0.4, 0.5) is 5.95 Å². The molecule has 2 aliphatic heterocycles. The topological polar surface area (TPSA) is 150 Å². The number of piperidine rings is 1. The van der Waals surface area contributed by atoms with Gasteiger partial charge in [0, 0.05) is 57.0 Å². The second-order valence-corrected chi connectivity index (χ2v) is 15.8. The molecule has 2 saturated heterocycles. The van der Waals surface area contributed by atoms with Gasteiger partial charge in [-0.3, -0.25) is 4.79 Å². The summed E-state index contributed by atoms with van der Waals surface area (Å²) in [5.41, 5.74) is 3.78. The number of hydrogen-bond acceptors (Lipinski definition) is 11. The summed E-state index contributed by atoms with van der Waals surface area (Å²) in [7, 11) is -2.19. The monoisotopic (exact) mass is 741 g/mol. The Hall–Kier alpha value is -4.86. The number of carbonyl (C=O) groups excluding carboxylic acids is 1. The lowest BCUT2D eigenvalue weighted by molar-refractivity contribution is 0.0776. The molecule has 5 aromatic rings. The molecule has 3 aromatic carbocycles. The molecule has 0 radical (unpaired) electrons. The van der Waals surface area contributed by atoms with E-state index in [2.05, 4.69) is 72.8 Å². The third-order valence-electron chi connectivity index (χ3n) is 10.6. The summed E-state index contributed by atoms with van der Waals surface area (Å²) in [6.45, 7) is 8.09. The fourth-order valence-electron chi connectivity index (χ4n) is 7.73. The molecular weight excluding hydrogens is 695 g/mol. The van der Waals surface area contributed by atoms with Crippen LogP contribution >= 0.6 is 0 Å². The molecule has 1 atom stereocenters. The van der Waals surface area contributed by atoms with Gasteiger partial charge in [-0.1, -0.05) is 47.6 Å². The number of imidazole rings is 1. The van der Waals surface area contributed by atoms with E-state index in [0.29, 0.717) is 49.3 Å². The summed E-state index contributed by atoms with van der Waals surface area (Å²) in [6.07, 6.45) is 4.80. The van der Waals surface area contributed by atoms with Crippen molar-refractivity contribution in [2.75, 3.05) is 64.6 Å². The Morgan fingerprint density at radius 3 is 2.53 bits per heavy atom. The average molecular weight is 742 g/mol. The first-order valence-electron chi connectivity index (χ1n) is 18.2. The van der Waals surface area contributed by atoms with Crippen LogP contribution < -0.4 is 10.1 Å². The maximum atomic E-state index is 14.2. The maximum Gasteiger partial charge on any atom is 0.272 e. The van der Waals surface area contributed by atoms with Crippen LogP contribution in [-0.4, -0.2) is 119 Å². The second-order valence-electron chi connectivity index (χ2n) is 13.9. The van der Waals surface area contributed by atoms with Gasteiger partial charge < -0.3 is 29.2 Å². The van der Waals surface area contributed by atoms with Gasteiger partial charge in [-0.15, -0.1) is 0 Å². The molecule has 15 heteroatoms. The highest BCUT2D eigenvalue weighted by molar-refractivity contribution is 7.90. The van der Waals surface area contributed by atoms with E-state index in [4.69, 9.17) is 14.5 Å². The SMILES string of the molecule is CCOCCn1c(NC2CCN(CCC3(c4ccccc4)CCN(C(=O)c4cc(-n5nnnc5S(C)(=O)=O)ccc4OC)C3)CC2)nc2ccccc21. The van der Waals surface area contributed by atoms with Crippen LogP contribution in [0.15, 0.2) is 78.0 Å². The van der Waals surface area contributed by atoms with Crippen LogP contribution in [-0.2, 0) is 26.5 Å². The van der Waals surface area contributed by atoms with Gasteiger partial charge in [0.05, 0.1) is 36.0 Å². The van der Waals surface area contributed by atoms with Gasteiger partial charge in [0.15, 0.2) is 0 Å². The van der Waals surface area contributed by atoms with Crippen molar-refractivity contribution < 1.29 is 22.7 Å². The number of amides is 1. The molecule has 2 fully saturated rings. The van der Waals surface area contributed by atoms with E-state index in [0.717, 1.165) is 79.8 Å². The third-order valence-corrected chi connectivity index (χ3v) is 11.5. The van der Waals surface area contributed by atoms with Gasteiger partial charge in [0.1, 0.15) is 5.75 Å². The van der Waals surface area contributed by atoms with Crippen molar-refractivity contribution in [1.29, 1.82) is 0 Å². The Morgan fingerprint density at radius 1 is 1.00 bits per heavy atom. The largest absolute Gasteiger partial charge is 0.496 e. The Balaban J connectivity index is 1.03. The Bertz CT molecular complexity index is 2150. The highest BCUT2D eigenvalue weighted by atomic mass is 32.2. The first-order valence-corrected chi connectivity index (χ1v) is 20.1. The lowest BCUT2D eigenvalue weighted by Gasteiger charge is -2.36. The number of anilines is 1. The van der Waals surface area contributed by atoms with E-state index in [1.54, 1.807) is 18.2 Å². The van der Waals surface area contributed by atoms with Crippen LogP contribution in [0.25, 0.3) is 16.7 Å². The highest BCUT2D eigenvalue weighted by Gasteiger charge is 2.42. The van der Waals surface area contributed by atoms with Crippen molar-refractivity contribution in [1.82, 2.24) is 39.6 Å². The molecule has 0 spiro atoms. The van der Waals surface area contributed by atoms with Crippen molar-refractivity contribution in [2.45, 2.75) is 55.8 Å². The number of aromatic nitrogens is 6. The first-order chi connectivity index (χ1) is 25.7. The van der Waals surface area contributed by atoms with E-state index in [1.807, 2.05) is 24.0 Å². The number of carbonyl (C=O) groups is 1. The lowest BCUT2D eigenvalue weighted by atomic mass is 9.76. The molecule has 0 bridgehead atoms. The number of likely N-dealkylation sites (tertiary alicyclic amines) is 2. The van der Waals surface area contributed by atoms with Gasteiger partial charge in [-0.25, -0.2) is 13.4 Å². The molecule has 4 heterocycles. The zero-order valence-electron chi connectivity index (χ0n) is 30.5. The number of fused-ring (bicyclic) bond motifs is 1. The fourth-order valence-corrected chi connectivity index (χ4v) is 8.37. The lowest BCUT2D eigenvalue weighted by Crippen LogP contribution is -2.42. The molecular formula is C38H47N9O5S. The molecule has 2 aromatic heterocycles. The molecule has 7 rings (SSSR count). The van der Waals surface area contributed by atoms with Gasteiger partial charge in [0.2, 0.25) is 15.8 Å².